The molecule has 0 amide bonds. The summed E-state index contributed by atoms with van der Waals surface area (Å²) in [6, 6.07) is 5.93. The van der Waals surface area contributed by atoms with Crippen molar-refractivity contribution in [1.29, 1.82) is 0 Å². The molecule has 0 spiro atoms. The van der Waals surface area contributed by atoms with Gasteiger partial charge in [0.25, 0.3) is 0 Å². The van der Waals surface area contributed by atoms with Crippen LogP contribution in [0.5, 0.6) is 0 Å². The van der Waals surface area contributed by atoms with Gasteiger partial charge in [0.2, 0.25) is 0 Å². The first-order valence-corrected chi connectivity index (χ1v) is 9.28. The lowest BCUT2D eigenvalue weighted by Crippen LogP contribution is -2.19. The summed E-state index contributed by atoms with van der Waals surface area (Å²) in [6.07, 6.45) is 4.43. The zero-order valence-corrected chi connectivity index (χ0v) is 15.1. The third kappa shape index (κ3) is 3.04. The van der Waals surface area contributed by atoms with Crippen LogP contribution in [0.2, 0.25) is 10.0 Å². The molecule has 1 fully saturated rings. The molecule has 0 saturated carbocycles. The quantitative estimate of drug-likeness (QED) is 0.500. The largest absolute Gasteiger partial charge is 0.399 e. The Hall–Kier alpha value is -0.640. The molecule has 2 bridgehead atoms. The van der Waals surface area contributed by atoms with Crippen LogP contribution >= 0.6 is 35.0 Å². The van der Waals surface area contributed by atoms with Crippen LogP contribution in [0.15, 0.2) is 28.9 Å². The molecule has 1 aromatic carbocycles. The highest BCUT2D eigenvalue weighted by Crippen LogP contribution is 2.50. The van der Waals surface area contributed by atoms with Gasteiger partial charge in [-0.25, -0.2) is 0 Å². The molecule has 1 saturated heterocycles. The Labute approximate surface area is 145 Å². The van der Waals surface area contributed by atoms with Gasteiger partial charge in [-0.15, -0.1) is 11.8 Å². The molecule has 2 unspecified atom stereocenters. The van der Waals surface area contributed by atoms with Gasteiger partial charge >= 0.3 is 0 Å². The Kier molecular flexibility index (Phi) is 5.06. The van der Waals surface area contributed by atoms with Crippen molar-refractivity contribution in [1.82, 2.24) is 0 Å². The molecule has 2 heterocycles. The van der Waals surface area contributed by atoms with Gasteiger partial charge in [-0.05, 0) is 54.5 Å². The molecule has 2 aliphatic rings. The van der Waals surface area contributed by atoms with Crippen molar-refractivity contribution in [3.8, 4) is 0 Å². The zero-order valence-electron chi connectivity index (χ0n) is 12.7. The number of oxime groups is 1. The van der Waals surface area contributed by atoms with E-state index in [1.165, 1.54) is 29.6 Å². The van der Waals surface area contributed by atoms with Gasteiger partial charge in [-0.1, -0.05) is 41.3 Å². The number of benzene rings is 1. The van der Waals surface area contributed by atoms with E-state index in [9.17, 15) is 0 Å². The summed E-state index contributed by atoms with van der Waals surface area (Å²) in [4.78, 5) is 5.08. The molecule has 22 heavy (non-hydrogen) atoms. The van der Waals surface area contributed by atoms with Crippen LogP contribution in [0.3, 0.4) is 0 Å². The highest BCUT2D eigenvalue weighted by atomic mass is 35.5. The number of allylic oxidation sites excluding steroid dienone is 1. The molecule has 0 N–H and O–H groups in total. The summed E-state index contributed by atoms with van der Waals surface area (Å²) in [5, 5.41) is 6.73. The van der Waals surface area contributed by atoms with Crippen LogP contribution in [0, 0.1) is 0 Å². The van der Waals surface area contributed by atoms with Crippen LogP contribution in [-0.4, -0.2) is 23.3 Å². The summed E-state index contributed by atoms with van der Waals surface area (Å²) in [7, 11) is 1.61. The fourth-order valence-corrected chi connectivity index (χ4v) is 5.32. The topological polar surface area (TPSA) is 21.6 Å². The standard InChI is InChI=1S/C17H19Cl2NOS/c1-3-15(20-21-2)17-12(9-11-5-7-16(17)22-11)10-4-6-13(18)14(19)8-10/h4,6,8,11,16H,3,5,7,9H2,1-2H3. The first-order valence-electron chi connectivity index (χ1n) is 7.58. The number of thioether (sulfide) groups is 1. The van der Waals surface area contributed by atoms with E-state index in [0.717, 1.165) is 18.6 Å². The molecule has 3 rings (SSSR count). The van der Waals surface area contributed by atoms with Crippen LogP contribution in [0.25, 0.3) is 5.57 Å². The summed E-state index contributed by atoms with van der Waals surface area (Å²) in [5.74, 6) is 0. The Balaban J connectivity index is 2.13. The molecule has 1 aromatic rings. The number of halogens is 2. The Bertz CT molecular complexity index is 642. The van der Waals surface area contributed by atoms with E-state index < -0.39 is 0 Å². The van der Waals surface area contributed by atoms with Crippen LogP contribution in [0.1, 0.15) is 38.2 Å². The number of fused-ring (bicyclic) bond motifs is 2. The maximum Gasteiger partial charge on any atom is 0.106 e. The van der Waals surface area contributed by atoms with Gasteiger partial charge in [-0.3, -0.25) is 0 Å². The minimum atomic E-state index is 0.525. The summed E-state index contributed by atoms with van der Waals surface area (Å²) in [6.45, 7) is 2.13. The number of hydrogen-bond acceptors (Lipinski definition) is 3. The number of nitrogens with zero attached hydrogens (tertiary/aromatic N) is 1. The van der Waals surface area contributed by atoms with Gasteiger partial charge < -0.3 is 4.84 Å². The maximum atomic E-state index is 6.23. The Morgan fingerprint density at radius 3 is 2.82 bits per heavy atom. The van der Waals surface area contributed by atoms with Gasteiger partial charge in [0.05, 0.1) is 15.8 Å². The molecule has 2 atom stereocenters. The minimum absolute atomic E-state index is 0.525. The summed E-state index contributed by atoms with van der Waals surface area (Å²) >= 11 is 14.4. The van der Waals surface area contributed by atoms with Crippen LogP contribution in [-0.2, 0) is 4.84 Å². The minimum Gasteiger partial charge on any atom is -0.399 e. The van der Waals surface area contributed by atoms with Crippen molar-refractivity contribution >= 4 is 46.2 Å². The second kappa shape index (κ2) is 6.86. The molecule has 5 heteroatoms. The average Bonchev–Trinajstić information content (AvgIpc) is 2.90. The fraction of sp³-hybridized carbons (Fsp3) is 0.471. The molecule has 0 radical (unpaired) electrons. The van der Waals surface area contributed by atoms with E-state index in [2.05, 4.69) is 29.9 Å². The average molecular weight is 356 g/mol. The lowest BCUT2D eigenvalue weighted by molar-refractivity contribution is 0.213. The van der Waals surface area contributed by atoms with Crippen molar-refractivity contribution in [2.24, 2.45) is 5.16 Å². The highest BCUT2D eigenvalue weighted by Gasteiger charge is 2.37. The zero-order chi connectivity index (χ0) is 15.7. The number of hydrogen-bond donors (Lipinski definition) is 0. The number of rotatable bonds is 4. The SMILES string of the molecule is CCC(=NOC)C1=C(c2ccc(Cl)c(Cl)c2)CC2CCC1S2. The van der Waals surface area contributed by atoms with Gasteiger partial charge in [0, 0.05) is 10.5 Å². The molecule has 118 valence electrons. The lowest BCUT2D eigenvalue weighted by Gasteiger charge is -2.27. The Morgan fingerprint density at radius 2 is 2.14 bits per heavy atom. The molecule has 0 aromatic heterocycles. The van der Waals surface area contributed by atoms with Crippen molar-refractivity contribution in [3.05, 3.63) is 39.4 Å². The van der Waals surface area contributed by atoms with Crippen molar-refractivity contribution in [3.63, 3.8) is 0 Å². The predicted octanol–water partition coefficient (Wildman–Crippen LogP) is 5.83. The third-order valence-electron chi connectivity index (χ3n) is 4.30. The smallest absolute Gasteiger partial charge is 0.106 e. The van der Waals surface area contributed by atoms with Gasteiger partial charge in [-0.2, -0.15) is 0 Å². The van der Waals surface area contributed by atoms with E-state index in [1.807, 2.05) is 12.1 Å². The van der Waals surface area contributed by atoms with Gasteiger partial charge in [0.15, 0.2) is 0 Å². The normalized spacial score (nSPS) is 24.8. The van der Waals surface area contributed by atoms with Crippen molar-refractivity contribution in [2.75, 3.05) is 7.11 Å². The third-order valence-corrected chi connectivity index (χ3v) is 6.63. The molecule has 2 nitrogen and oxygen atoms in total. The van der Waals surface area contributed by atoms with Crippen LogP contribution in [0.4, 0.5) is 0 Å². The Morgan fingerprint density at radius 1 is 1.32 bits per heavy atom. The van der Waals surface area contributed by atoms with E-state index in [0.29, 0.717) is 20.5 Å². The summed E-state index contributed by atoms with van der Waals surface area (Å²) in [5.41, 5.74) is 4.93. The van der Waals surface area contributed by atoms with E-state index >= 15 is 0 Å². The van der Waals surface area contributed by atoms with E-state index in [1.54, 1.807) is 7.11 Å². The fourth-order valence-electron chi connectivity index (χ4n) is 3.33. The monoisotopic (exact) mass is 355 g/mol. The van der Waals surface area contributed by atoms with Gasteiger partial charge in [0.1, 0.15) is 7.11 Å². The van der Waals surface area contributed by atoms with Crippen molar-refractivity contribution < 1.29 is 4.84 Å². The molecule has 2 aliphatic heterocycles. The first kappa shape index (κ1) is 16.2. The molecule has 0 aliphatic carbocycles. The van der Waals surface area contributed by atoms with Crippen LogP contribution < -0.4 is 0 Å². The van der Waals surface area contributed by atoms with Crippen molar-refractivity contribution in [2.45, 2.75) is 43.1 Å². The van der Waals surface area contributed by atoms with E-state index in [-0.39, 0.29) is 0 Å². The second-order valence-electron chi connectivity index (χ2n) is 5.62. The maximum absolute atomic E-state index is 6.23. The lowest BCUT2D eigenvalue weighted by atomic mass is 9.91. The van der Waals surface area contributed by atoms with E-state index in [4.69, 9.17) is 28.0 Å². The summed E-state index contributed by atoms with van der Waals surface area (Å²) < 4.78 is 0. The first-order chi connectivity index (χ1) is 10.6. The highest BCUT2D eigenvalue weighted by molar-refractivity contribution is 8.01. The second-order valence-corrected chi connectivity index (χ2v) is 7.95. The molecular formula is C17H19Cl2NOS. The predicted molar refractivity (Wildman–Crippen MR) is 97.1 cm³/mol. The molecular weight excluding hydrogens is 337 g/mol.